The smallest absolute Gasteiger partial charge is 0.339 e. The van der Waals surface area contributed by atoms with Gasteiger partial charge in [-0.2, -0.15) is 0 Å². The molecule has 0 spiro atoms. The molecule has 1 aromatic carbocycles. The van der Waals surface area contributed by atoms with E-state index in [2.05, 4.69) is 44.5 Å². The molecule has 0 unspecified atom stereocenters. The highest BCUT2D eigenvalue weighted by Gasteiger charge is 2.19. The van der Waals surface area contributed by atoms with Crippen LogP contribution in [0.15, 0.2) is 37.1 Å². The Morgan fingerprint density at radius 1 is 1.34 bits per heavy atom. The number of amides is 1. The molecule has 2 heterocycles. The molecule has 6 nitrogen and oxygen atoms in total. The molecule has 2 N–H and O–H groups in total. The standard InChI is InChI=1S/C21H19FIN3O3/c1-5-17(27)25-16-8-12(7-15(22)11(16)4)18-14-6-13(21(28)29-10(2)3)9-24-20(14)26-19(18)23/h5-10H,1H2,2-4H3,(H,24,26)(H,25,27). The van der Waals surface area contributed by atoms with Crippen LogP contribution < -0.4 is 5.32 Å². The van der Waals surface area contributed by atoms with Crippen molar-refractivity contribution in [2.75, 3.05) is 5.32 Å². The van der Waals surface area contributed by atoms with E-state index in [9.17, 15) is 14.0 Å². The van der Waals surface area contributed by atoms with Crippen LogP contribution in [0.2, 0.25) is 0 Å². The van der Waals surface area contributed by atoms with Crippen molar-refractivity contribution < 1.29 is 18.7 Å². The molecule has 2 aromatic heterocycles. The van der Waals surface area contributed by atoms with Crippen molar-refractivity contribution in [3.8, 4) is 11.1 Å². The van der Waals surface area contributed by atoms with Crippen molar-refractivity contribution in [1.82, 2.24) is 9.97 Å². The molecular formula is C21H19FIN3O3. The first-order chi connectivity index (χ1) is 13.7. The number of aromatic nitrogens is 2. The molecule has 29 heavy (non-hydrogen) atoms. The number of benzene rings is 1. The molecule has 0 saturated heterocycles. The second-order valence-corrected chi connectivity index (χ2v) is 7.79. The molecule has 3 rings (SSSR count). The van der Waals surface area contributed by atoms with Crippen LogP contribution in [0.5, 0.6) is 0 Å². The maximum Gasteiger partial charge on any atom is 0.339 e. The summed E-state index contributed by atoms with van der Waals surface area (Å²) in [6.45, 7) is 8.53. The van der Waals surface area contributed by atoms with Gasteiger partial charge in [-0.05, 0) is 73.2 Å². The Labute approximate surface area is 180 Å². The second-order valence-electron chi connectivity index (χ2n) is 6.71. The first kappa shape index (κ1) is 21.0. The van der Waals surface area contributed by atoms with Crippen molar-refractivity contribution in [1.29, 1.82) is 0 Å². The van der Waals surface area contributed by atoms with Crippen molar-refractivity contribution in [2.24, 2.45) is 0 Å². The molecule has 0 saturated carbocycles. The molecule has 0 aliphatic heterocycles. The highest BCUT2D eigenvalue weighted by Crippen LogP contribution is 2.36. The molecule has 0 aliphatic rings. The third kappa shape index (κ3) is 4.31. The van der Waals surface area contributed by atoms with Crippen molar-refractivity contribution in [3.63, 3.8) is 0 Å². The molecule has 150 valence electrons. The third-order valence-electron chi connectivity index (χ3n) is 4.26. The molecule has 0 atom stereocenters. The van der Waals surface area contributed by atoms with Gasteiger partial charge in [-0.15, -0.1) is 0 Å². The summed E-state index contributed by atoms with van der Waals surface area (Å²) in [6.07, 6.45) is 2.30. The monoisotopic (exact) mass is 507 g/mol. The second kappa shape index (κ2) is 8.32. The van der Waals surface area contributed by atoms with Crippen molar-refractivity contribution in [2.45, 2.75) is 26.9 Å². The van der Waals surface area contributed by atoms with Gasteiger partial charge in [0.2, 0.25) is 5.91 Å². The number of pyridine rings is 1. The Morgan fingerprint density at radius 3 is 2.72 bits per heavy atom. The summed E-state index contributed by atoms with van der Waals surface area (Å²) < 4.78 is 20.6. The fourth-order valence-electron chi connectivity index (χ4n) is 2.85. The largest absolute Gasteiger partial charge is 0.459 e. The maximum atomic E-state index is 14.6. The van der Waals surface area contributed by atoms with E-state index >= 15 is 0 Å². The lowest BCUT2D eigenvalue weighted by atomic mass is 10.0. The van der Waals surface area contributed by atoms with Crippen LogP contribution in [-0.2, 0) is 9.53 Å². The number of hydrogen-bond donors (Lipinski definition) is 2. The Bertz CT molecular complexity index is 1140. The molecule has 0 aliphatic carbocycles. The molecule has 3 aromatic rings. The Kier molecular flexibility index (Phi) is 6.02. The molecule has 1 amide bonds. The number of anilines is 1. The van der Waals surface area contributed by atoms with Crippen LogP contribution in [0.1, 0.15) is 29.8 Å². The fraction of sp³-hybridized carbons (Fsp3) is 0.190. The third-order valence-corrected chi connectivity index (χ3v) is 5.07. The number of ether oxygens (including phenoxy) is 1. The minimum atomic E-state index is -0.481. The van der Waals surface area contributed by atoms with Crippen molar-refractivity contribution in [3.05, 3.63) is 57.7 Å². The predicted octanol–water partition coefficient (Wildman–Crippen LogP) is 4.97. The summed E-state index contributed by atoms with van der Waals surface area (Å²) in [5.74, 6) is -1.38. The first-order valence-corrected chi connectivity index (χ1v) is 9.91. The minimum Gasteiger partial charge on any atom is -0.459 e. The van der Waals surface area contributed by atoms with Gasteiger partial charge in [0.05, 0.1) is 15.4 Å². The van der Waals surface area contributed by atoms with Crippen LogP contribution in [0.4, 0.5) is 10.1 Å². The molecule has 0 fully saturated rings. The Balaban J connectivity index is 2.16. The minimum absolute atomic E-state index is 0.258. The van der Waals surface area contributed by atoms with E-state index in [-0.39, 0.29) is 6.10 Å². The van der Waals surface area contributed by atoms with E-state index in [4.69, 9.17) is 4.74 Å². The number of hydrogen-bond acceptors (Lipinski definition) is 4. The van der Waals surface area contributed by atoms with Gasteiger partial charge >= 0.3 is 5.97 Å². The number of rotatable bonds is 5. The topological polar surface area (TPSA) is 84.1 Å². The van der Waals surface area contributed by atoms with E-state index in [1.807, 2.05) is 0 Å². The normalized spacial score (nSPS) is 11.0. The number of aromatic amines is 1. The van der Waals surface area contributed by atoms with E-state index in [0.717, 1.165) is 9.78 Å². The van der Waals surface area contributed by atoms with E-state index < -0.39 is 17.7 Å². The molecule has 0 bridgehead atoms. The average Bonchev–Trinajstić information content (AvgIpc) is 2.99. The first-order valence-electron chi connectivity index (χ1n) is 8.83. The number of H-pyrrole nitrogens is 1. The number of esters is 1. The number of carbonyl (C=O) groups excluding carboxylic acids is 2. The number of nitrogens with zero attached hydrogens (tertiary/aromatic N) is 1. The Morgan fingerprint density at radius 2 is 2.07 bits per heavy atom. The summed E-state index contributed by atoms with van der Waals surface area (Å²) in [6, 6.07) is 4.74. The van der Waals surface area contributed by atoms with Crippen LogP contribution in [0.25, 0.3) is 22.2 Å². The lowest BCUT2D eigenvalue weighted by Gasteiger charge is -2.11. The highest BCUT2D eigenvalue weighted by molar-refractivity contribution is 14.1. The van der Waals surface area contributed by atoms with Gasteiger partial charge in [-0.3, -0.25) is 4.79 Å². The van der Waals surface area contributed by atoms with Crippen LogP contribution in [-0.4, -0.2) is 27.9 Å². The van der Waals surface area contributed by atoms with Crippen LogP contribution in [0.3, 0.4) is 0 Å². The zero-order chi connectivity index (χ0) is 21.3. The maximum absolute atomic E-state index is 14.6. The number of carbonyl (C=O) groups is 2. The van der Waals surface area contributed by atoms with E-state index in [1.165, 1.54) is 12.3 Å². The van der Waals surface area contributed by atoms with Gasteiger partial charge in [-0.25, -0.2) is 14.2 Å². The van der Waals surface area contributed by atoms with Crippen molar-refractivity contribution >= 4 is 51.2 Å². The number of fused-ring (bicyclic) bond motifs is 1. The summed E-state index contributed by atoms with van der Waals surface area (Å²) in [7, 11) is 0. The molecule has 8 heteroatoms. The van der Waals surface area contributed by atoms with Gasteiger partial charge in [0, 0.05) is 28.4 Å². The highest BCUT2D eigenvalue weighted by atomic mass is 127. The molecular weight excluding hydrogens is 488 g/mol. The fourth-order valence-corrected chi connectivity index (χ4v) is 3.71. The van der Waals surface area contributed by atoms with Crippen LogP contribution in [0, 0.1) is 16.4 Å². The van der Waals surface area contributed by atoms with Gasteiger partial charge < -0.3 is 15.0 Å². The summed E-state index contributed by atoms with van der Waals surface area (Å²) in [5.41, 5.74) is 2.75. The number of nitrogens with one attached hydrogen (secondary N) is 2. The quantitative estimate of drug-likeness (QED) is 0.290. The summed E-state index contributed by atoms with van der Waals surface area (Å²) in [4.78, 5) is 31.4. The van der Waals surface area contributed by atoms with Gasteiger partial charge in [0.15, 0.2) is 0 Å². The lowest BCUT2D eigenvalue weighted by molar-refractivity contribution is -0.111. The Hall–Kier alpha value is -2.75. The summed E-state index contributed by atoms with van der Waals surface area (Å²) >= 11 is 2.09. The number of halogens is 2. The zero-order valence-electron chi connectivity index (χ0n) is 16.1. The van der Waals surface area contributed by atoms with Gasteiger partial charge in [-0.1, -0.05) is 6.58 Å². The SMILES string of the molecule is C=CC(=O)Nc1cc(-c2c(I)[nH]c3ncc(C(=O)OC(C)C)cc23)cc(F)c1C. The van der Waals surface area contributed by atoms with E-state index in [0.29, 0.717) is 39.0 Å². The zero-order valence-corrected chi connectivity index (χ0v) is 18.3. The summed E-state index contributed by atoms with van der Waals surface area (Å²) in [5, 5.41) is 3.27. The van der Waals surface area contributed by atoms with Gasteiger partial charge in [0.1, 0.15) is 11.5 Å². The predicted molar refractivity (Wildman–Crippen MR) is 118 cm³/mol. The van der Waals surface area contributed by atoms with E-state index in [1.54, 1.807) is 32.9 Å². The lowest BCUT2D eigenvalue weighted by Crippen LogP contribution is -2.11. The van der Waals surface area contributed by atoms with Crippen LogP contribution >= 0.6 is 22.6 Å². The van der Waals surface area contributed by atoms with Gasteiger partial charge in [0.25, 0.3) is 0 Å². The average molecular weight is 507 g/mol. The molecule has 0 radical (unpaired) electrons.